The lowest BCUT2D eigenvalue weighted by Crippen LogP contribution is -2.49. The first kappa shape index (κ1) is 21.4. The summed E-state index contributed by atoms with van der Waals surface area (Å²) < 4.78 is 5.38. The van der Waals surface area contributed by atoms with E-state index in [2.05, 4.69) is 20.4 Å². The highest BCUT2D eigenvalue weighted by Gasteiger charge is 2.32. The zero-order valence-corrected chi connectivity index (χ0v) is 19.4. The van der Waals surface area contributed by atoms with Crippen molar-refractivity contribution in [1.82, 2.24) is 19.9 Å². The highest BCUT2D eigenvalue weighted by molar-refractivity contribution is 8.01. The van der Waals surface area contributed by atoms with Crippen molar-refractivity contribution in [2.75, 3.05) is 31.5 Å². The van der Waals surface area contributed by atoms with E-state index >= 15 is 0 Å². The molecule has 11 heteroatoms. The topological polar surface area (TPSA) is 91.6 Å². The van der Waals surface area contributed by atoms with Gasteiger partial charge in [0.2, 0.25) is 23.5 Å². The number of carbonyl (C=O) groups excluding carboxylic acids is 2. The number of thiophene rings is 1. The maximum absolute atomic E-state index is 12.8. The van der Waals surface area contributed by atoms with Crippen LogP contribution >= 0.6 is 34.7 Å². The molecule has 0 radical (unpaired) electrons. The van der Waals surface area contributed by atoms with Gasteiger partial charge in [-0.3, -0.25) is 14.5 Å². The first-order valence-corrected chi connectivity index (χ1v) is 12.3. The molecular formula is C21H20ClN5O3S2. The van der Waals surface area contributed by atoms with Gasteiger partial charge >= 0.3 is 0 Å². The third-order valence-electron chi connectivity index (χ3n) is 5.41. The molecule has 0 saturated carbocycles. The third-order valence-corrected chi connectivity index (χ3v) is 7.79. The number of carbonyl (C=O) groups is 2. The predicted octanol–water partition coefficient (Wildman–Crippen LogP) is 3.60. The predicted molar refractivity (Wildman–Crippen MR) is 124 cm³/mol. The number of hydrogen-bond donors (Lipinski definition) is 1. The number of amides is 2. The number of halogens is 1. The van der Waals surface area contributed by atoms with Gasteiger partial charge in [-0.05, 0) is 29.6 Å². The number of benzene rings is 1. The number of anilines is 1. The van der Waals surface area contributed by atoms with Crippen LogP contribution in [0.3, 0.4) is 0 Å². The SMILES string of the molecule is O=C1Nc2cc(Cl)ccc2SC1CC(=O)N1CCN(Cc2nc(-c3cccs3)no2)CC1. The number of aromatic nitrogens is 2. The van der Waals surface area contributed by atoms with Gasteiger partial charge in [-0.25, -0.2) is 0 Å². The van der Waals surface area contributed by atoms with E-state index in [4.69, 9.17) is 16.1 Å². The van der Waals surface area contributed by atoms with E-state index in [0.717, 1.165) is 9.77 Å². The van der Waals surface area contributed by atoms with E-state index in [1.165, 1.54) is 11.8 Å². The first-order chi connectivity index (χ1) is 15.5. The van der Waals surface area contributed by atoms with Crippen LogP contribution in [0.25, 0.3) is 10.7 Å². The van der Waals surface area contributed by atoms with Crippen LogP contribution in [0.2, 0.25) is 5.02 Å². The Hall–Kier alpha value is -2.40. The van der Waals surface area contributed by atoms with E-state index < -0.39 is 5.25 Å². The minimum atomic E-state index is -0.441. The summed E-state index contributed by atoms with van der Waals surface area (Å²) in [5.74, 6) is 1.01. The van der Waals surface area contributed by atoms with E-state index in [9.17, 15) is 9.59 Å². The van der Waals surface area contributed by atoms with Crippen molar-refractivity contribution in [3.05, 3.63) is 46.6 Å². The fourth-order valence-electron chi connectivity index (χ4n) is 3.72. The standard InChI is InChI=1S/C21H20ClN5O3S2/c22-13-3-4-15-14(10-13)23-21(29)17(32-15)11-19(28)27-7-5-26(6-8-27)12-18-24-20(25-30-18)16-2-1-9-31-16/h1-4,9-10,17H,5-8,11-12H2,(H,23,29). The summed E-state index contributed by atoms with van der Waals surface area (Å²) in [6, 6.07) is 9.30. The summed E-state index contributed by atoms with van der Waals surface area (Å²) in [6.45, 7) is 3.20. The normalized spacial score (nSPS) is 19.0. The molecule has 1 fully saturated rings. The van der Waals surface area contributed by atoms with Crippen molar-refractivity contribution in [2.24, 2.45) is 0 Å². The molecule has 4 heterocycles. The van der Waals surface area contributed by atoms with Gasteiger partial charge in [0, 0.05) is 42.5 Å². The minimum absolute atomic E-state index is 0.00696. The summed E-state index contributed by atoms with van der Waals surface area (Å²) in [4.78, 5) is 35.7. The van der Waals surface area contributed by atoms with Crippen LogP contribution < -0.4 is 5.32 Å². The third kappa shape index (κ3) is 4.68. The first-order valence-electron chi connectivity index (χ1n) is 10.2. The Morgan fingerprint density at radius 1 is 1.25 bits per heavy atom. The molecule has 2 aromatic heterocycles. The van der Waals surface area contributed by atoms with E-state index in [0.29, 0.717) is 55.1 Å². The van der Waals surface area contributed by atoms with Crippen molar-refractivity contribution in [3.63, 3.8) is 0 Å². The highest BCUT2D eigenvalue weighted by Crippen LogP contribution is 2.38. The molecule has 1 N–H and O–H groups in total. The molecule has 2 aliphatic rings. The van der Waals surface area contributed by atoms with Gasteiger partial charge in [0.1, 0.15) is 0 Å². The Bertz CT molecular complexity index is 1130. The molecule has 1 aromatic carbocycles. The zero-order valence-electron chi connectivity index (χ0n) is 17.0. The Morgan fingerprint density at radius 3 is 2.88 bits per heavy atom. The second kappa shape index (κ2) is 9.22. The maximum atomic E-state index is 12.8. The van der Waals surface area contributed by atoms with Crippen LogP contribution in [-0.4, -0.2) is 63.2 Å². The molecule has 1 atom stereocenters. The van der Waals surface area contributed by atoms with Gasteiger partial charge in [0.25, 0.3) is 0 Å². The van der Waals surface area contributed by atoms with Crippen LogP contribution in [0.15, 0.2) is 45.1 Å². The fraction of sp³-hybridized carbons (Fsp3) is 0.333. The number of nitrogens with zero attached hydrogens (tertiary/aromatic N) is 4. The highest BCUT2D eigenvalue weighted by atomic mass is 35.5. The maximum Gasteiger partial charge on any atom is 0.241 e. The molecular weight excluding hydrogens is 470 g/mol. The quantitative estimate of drug-likeness (QED) is 0.585. The van der Waals surface area contributed by atoms with E-state index in [1.54, 1.807) is 23.5 Å². The summed E-state index contributed by atoms with van der Waals surface area (Å²) >= 11 is 8.98. The molecule has 2 amide bonds. The van der Waals surface area contributed by atoms with Gasteiger partial charge in [-0.1, -0.05) is 22.8 Å². The molecule has 32 heavy (non-hydrogen) atoms. The van der Waals surface area contributed by atoms with Crippen molar-refractivity contribution in [2.45, 2.75) is 23.1 Å². The molecule has 5 rings (SSSR count). The fourth-order valence-corrected chi connectivity index (χ4v) is 5.62. The van der Waals surface area contributed by atoms with E-state index in [1.807, 2.05) is 28.5 Å². The Morgan fingerprint density at radius 2 is 2.09 bits per heavy atom. The average Bonchev–Trinajstić information content (AvgIpc) is 3.47. The molecule has 0 spiro atoms. The monoisotopic (exact) mass is 489 g/mol. The lowest BCUT2D eigenvalue weighted by atomic mass is 10.2. The Labute approximate surface area is 197 Å². The van der Waals surface area contributed by atoms with Crippen LogP contribution in [0.5, 0.6) is 0 Å². The van der Waals surface area contributed by atoms with Crippen molar-refractivity contribution in [3.8, 4) is 10.7 Å². The number of hydrogen-bond acceptors (Lipinski definition) is 8. The molecule has 0 bridgehead atoms. The van der Waals surface area contributed by atoms with Gasteiger partial charge in [-0.15, -0.1) is 23.1 Å². The number of piperazine rings is 1. The second-order valence-electron chi connectivity index (χ2n) is 7.59. The van der Waals surface area contributed by atoms with Crippen molar-refractivity contribution < 1.29 is 14.1 Å². The van der Waals surface area contributed by atoms with Gasteiger partial charge < -0.3 is 14.7 Å². The molecule has 1 saturated heterocycles. The lowest BCUT2D eigenvalue weighted by Gasteiger charge is -2.35. The average molecular weight is 490 g/mol. The number of thioether (sulfide) groups is 1. The molecule has 166 valence electrons. The minimum Gasteiger partial charge on any atom is -0.340 e. The summed E-state index contributed by atoms with van der Waals surface area (Å²) in [7, 11) is 0. The Kier molecular flexibility index (Phi) is 6.18. The van der Waals surface area contributed by atoms with Crippen LogP contribution in [0.1, 0.15) is 12.3 Å². The summed E-state index contributed by atoms with van der Waals surface area (Å²) in [5, 5.41) is 9.01. The summed E-state index contributed by atoms with van der Waals surface area (Å²) in [5.41, 5.74) is 0.702. The number of nitrogens with one attached hydrogen (secondary N) is 1. The van der Waals surface area contributed by atoms with Crippen molar-refractivity contribution in [1.29, 1.82) is 0 Å². The Balaban J connectivity index is 1.12. The van der Waals surface area contributed by atoms with Gasteiger partial charge in [-0.2, -0.15) is 4.98 Å². The smallest absolute Gasteiger partial charge is 0.241 e. The van der Waals surface area contributed by atoms with Crippen LogP contribution in [-0.2, 0) is 16.1 Å². The lowest BCUT2D eigenvalue weighted by molar-refractivity contribution is -0.134. The van der Waals surface area contributed by atoms with E-state index in [-0.39, 0.29) is 18.2 Å². The molecule has 1 unspecified atom stereocenters. The molecule has 3 aromatic rings. The number of fused-ring (bicyclic) bond motifs is 1. The van der Waals surface area contributed by atoms with Crippen LogP contribution in [0.4, 0.5) is 5.69 Å². The molecule has 0 aliphatic carbocycles. The molecule has 2 aliphatic heterocycles. The van der Waals surface area contributed by atoms with Crippen LogP contribution in [0, 0.1) is 0 Å². The van der Waals surface area contributed by atoms with Crippen molar-refractivity contribution >= 4 is 52.2 Å². The van der Waals surface area contributed by atoms with Gasteiger partial charge in [0.15, 0.2) is 0 Å². The largest absolute Gasteiger partial charge is 0.340 e. The second-order valence-corrected chi connectivity index (χ2v) is 10.2. The van der Waals surface area contributed by atoms with Gasteiger partial charge in [0.05, 0.1) is 22.4 Å². The zero-order chi connectivity index (χ0) is 22.1. The number of rotatable bonds is 5. The molecule has 8 nitrogen and oxygen atoms in total. The summed E-state index contributed by atoms with van der Waals surface area (Å²) in [6.07, 6.45) is 0.173.